The van der Waals surface area contributed by atoms with Crippen LogP contribution in [0, 0.1) is 0 Å². The van der Waals surface area contributed by atoms with Crippen molar-refractivity contribution in [3.05, 3.63) is 0 Å². The molecule has 0 aromatic carbocycles. The van der Waals surface area contributed by atoms with E-state index in [0.717, 1.165) is 0 Å². The number of ether oxygens (including phenoxy) is 2. The van der Waals surface area contributed by atoms with E-state index in [4.69, 9.17) is 4.11 Å². The van der Waals surface area contributed by atoms with Gasteiger partial charge in [0.2, 0.25) is 0 Å². The van der Waals surface area contributed by atoms with Crippen molar-refractivity contribution in [2.75, 3.05) is 26.4 Å². The minimum atomic E-state index is -1.92. The Bertz CT molecular complexity index is 106. The molecule has 0 saturated carbocycles. The van der Waals surface area contributed by atoms with Gasteiger partial charge in [-0.3, -0.25) is 0 Å². The Morgan fingerprint density at radius 2 is 2.17 bits per heavy atom. The highest BCUT2D eigenvalue weighted by molar-refractivity contribution is 4.37. The van der Waals surface area contributed by atoms with Crippen molar-refractivity contribution in [3.8, 4) is 0 Å². The van der Waals surface area contributed by atoms with Gasteiger partial charge >= 0.3 is 0 Å². The molecule has 2 heteroatoms. The maximum absolute atomic E-state index is 6.96. The summed E-state index contributed by atoms with van der Waals surface area (Å²) in [5, 5.41) is 0. The lowest BCUT2D eigenvalue weighted by Gasteiger charge is -2.09. The molecule has 0 spiro atoms. The van der Waals surface area contributed by atoms with Crippen LogP contribution in [0.5, 0.6) is 0 Å². The molecule has 6 heavy (non-hydrogen) atoms. The van der Waals surface area contributed by atoms with Crippen molar-refractivity contribution in [2.24, 2.45) is 0 Å². The van der Waals surface area contributed by atoms with Crippen LogP contribution in [-0.2, 0) is 9.47 Å². The quantitative estimate of drug-likeness (QED) is 0.419. The standard InChI is InChI=1S/C4H8O2/c1-2-6-4-3-5-1/h1-4H2/i1D,2D2. The lowest BCUT2D eigenvalue weighted by molar-refractivity contribution is -0.0334. The van der Waals surface area contributed by atoms with E-state index in [2.05, 4.69) is 9.47 Å². The van der Waals surface area contributed by atoms with Crippen LogP contribution in [0.25, 0.3) is 0 Å². The van der Waals surface area contributed by atoms with Crippen LogP contribution < -0.4 is 0 Å². The fourth-order valence-electron chi connectivity index (χ4n) is 0.276. The van der Waals surface area contributed by atoms with Crippen LogP contribution in [0.4, 0.5) is 0 Å². The molecule has 0 aromatic rings. The van der Waals surface area contributed by atoms with Crippen LogP contribution in [0.1, 0.15) is 4.11 Å². The molecule has 1 heterocycles. The molecule has 1 saturated heterocycles. The van der Waals surface area contributed by atoms with Gasteiger partial charge in [0.15, 0.2) is 0 Å². The molecule has 1 fully saturated rings. The fourth-order valence-corrected chi connectivity index (χ4v) is 0.276. The molecule has 0 aromatic heterocycles. The lowest BCUT2D eigenvalue weighted by Crippen LogP contribution is -2.16. The topological polar surface area (TPSA) is 18.5 Å². The highest BCUT2D eigenvalue weighted by Crippen LogP contribution is 1.85. The third-order valence-electron chi connectivity index (χ3n) is 0.518. The van der Waals surface area contributed by atoms with E-state index in [-0.39, 0.29) is 6.61 Å². The largest absolute Gasteiger partial charge is 0.377 e. The van der Waals surface area contributed by atoms with E-state index in [0.29, 0.717) is 6.61 Å². The van der Waals surface area contributed by atoms with Crippen LogP contribution in [0.2, 0.25) is 0 Å². The molecule has 0 radical (unpaired) electrons. The Labute approximate surface area is 41.3 Å². The zero-order valence-corrected chi connectivity index (χ0v) is 3.31. The van der Waals surface area contributed by atoms with Gasteiger partial charge in [0.25, 0.3) is 0 Å². The van der Waals surface area contributed by atoms with Gasteiger partial charge in [0, 0.05) is 0 Å². The Balaban J connectivity index is 2.49. The Morgan fingerprint density at radius 1 is 1.33 bits per heavy atom. The average Bonchev–Trinajstić information content (AvgIpc) is 1.77. The van der Waals surface area contributed by atoms with Gasteiger partial charge in [0.05, 0.1) is 30.5 Å². The smallest absolute Gasteiger partial charge is 0.0701 e. The second-order valence-electron chi connectivity index (χ2n) is 0.955. The minimum Gasteiger partial charge on any atom is -0.377 e. The van der Waals surface area contributed by atoms with Gasteiger partial charge in [-0.1, -0.05) is 0 Å². The normalized spacial score (nSPS) is 52.0. The van der Waals surface area contributed by atoms with E-state index in [1.165, 1.54) is 0 Å². The Morgan fingerprint density at radius 3 is 2.67 bits per heavy atom. The summed E-state index contributed by atoms with van der Waals surface area (Å²) in [5.41, 5.74) is 0. The molecule has 1 aliphatic rings. The molecule has 0 aliphatic carbocycles. The minimum absolute atomic E-state index is 0.238. The van der Waals surface area contributed by atoms with Crippen molar-refractivity contribution in [1.82, 2.24) is 0 Å². The third-order valence-corrected chi connectivity index (χ3v) is 0.518. The van der Waals surface area contributed by atoms with Crippen LogP contribution in [0.15, 0.2) is 0 Å². The van der Waals surface area contributed by atoms with Gasteiger partial charge in [0.1, 0.15) is 0 Å². The summed E-state index contributed by atoms with van der Waals surface area (Å²) in [6.45, 7) is -2.56. The molecule has 0 amide bonds. The first-order chi connectivity index (χ1) is 4.13. The summed E-state index contributed by atoms with van der Waals surface area (Å²) >= 11 is 0. The molecule has 1 unspecified atom stereocenters. The van der Waals surface area contributed by atoms with Crippen LogP contribution >= 0.6 is 0 Å². The van der Waals surface area contributed by atoms with Gasteiger partial charge in [-0.15, -0.1) is 0 Å². The van der Waals surface area contributed by atoms with Gasteiger partial charge < -0.3 is 9.47 Å². The number of rotatable bonds is 0. The van der Waals surface area contributed by atoms with E-state index in [1.54, 1.807) is 0 Å². The summed E-state index contributed by atoms with van der Waals surface area (Å²) < 4.78 is 30.1. The van der Waals surface area contributed by atoms with Gasteiger partial charge in [-0.05, 0) is 0 Å². The van der Waals surface area contributed by atoms with Crippen molar-refractivity contribution < 1.29 is 13.6 Å². The maximum Gasteiger partial charge on any atom is 0.0701 e. The zero-order valence-electron chi connectivity index (χ0n) is 6.31. The van der Waals surface area contributed by atoms with Crippen LogP contribution in [-0.4, -0.2) is 26.4 Å². The average molecular weight is 91.1 g/mol. The summed E-state index contributed by atoms with van der Waals surface area (Å²) in [6, 6.07) is 0. The monoisotopic (exact) mass is 91.1 g/mol. The van der Waals surface area contributed by atoms with E-state index in [1.807, 2.05) is 0 Å². The predicted octanol–water partition coefficient (Wildman–Crippen LogP) is 0.0332. The summed E-state index contributed by atoms with van der Waals surface area (Å²) in [6.07, 6.45) is 0. The molecule has 2 nitrogen and oxygen atoms in total. The van der Waals surface area contributed by atoms with Crippen molar-refractivity contribution >= 4 is 0 Å². The van der Waals surface area contributed by atoms with Crippen molar-refractivity contribution in [3.63, 3.8) is 0 Å². The van der Waals surface area contributed by atoms with E-state index in [9.17, 15) is 0 Å². The molecule has 1 aliphatic heterocycles. The maximum atomic E-state index is 6.96. The van der Waals surface area contributed by atoms with Crippen LogP contribution in [0.3, 0.4) is 0 Å². The molecule has 36 valence electrons. The first-order valence-electron chi connectivity index (χ1n) is 3.38. The first-order valence-corrected chi connectivity index (χ1v) is 1.81. The highest BCUT2D eigenvalue weighted by Gasteiger charge is 1.94. The third kappa shape index (κ3) is 0.954. The zero-order chi connectivity index (χ0) is 6.91. The first kappa shape index (κ1) is 1.80. The second kappa shape index (κ2) is 2.16. The molecule has 0 bridgehead atoms. The summed E-state index contributed by atoms with van der Waals surface area (Å²) in [4.78, 5) is 0. The Hall–Kier alpha value is -0.0800. The summed E-state index contributed by atoms with van der Waals surface area (Å²) in [5.74, 6) is 0. The van der Waals surface area contributed by atoms with E-state index >= 15 is 0 Å². The Kier molecular flexibility index (Phi) is 0.648. The summed E-state index contributed by atoms with van der Waals surface area (Å²) in [7, 11) is 0. The second-order valence-corrected chi connectivity index (χ2v) is 0.955. The van der Waals surface area contributed by atoms with Gasteiger partial charge in [-0.2, -0.15) is 0 Å². The number of hydrogen-bond acceptors (Lipinski definition) is 2. The SMILES string of the molecule is [2H]C1OCCOC1([2H])[2H]. The number of hydrogen-bond donors (Lipinski definition) is 0. The van der Waals surface area contributed by atoms with Crippen molar-refractivity contribution in [1.29, 1.82) is 0 Å². The van der Waals surface area contributed by atoms with Gasteiger partial charge in [-0.25, -0.2) is 0 Å². The fraction of sp³-hybridized carbons (Fsp3) is 1.00. The highest BCUT2D eigenvalue weighted by atomic mass is 16.6. The molecule has 1 rings (SSSR count). The van der Waals surface area contributed by atoms with Crippen molar-refractivity contribution in [2.45, 2.75) is 0 Å². The molecule has 0 N–H and O–H groups in total. The lowest BCUT2D eigenvalue weighted by atomic mass is 10.6. The molecule has 1 atom stereocenters. The van der Waals surface area contributed by atoms with E-state index < -0.39 is 13.1 Å². The molecular formula is C4H8O2. The predicted molar refractivity (Wildman–Crippen MR) is 21.6 cm³/mol. The molecular weight excluding hydrogens is 80.0 g/mol.